The van der Waals surface area contributed by atoms with Gasteiger partial charge in [-0.3, -0.25) is 9.59 Å². The summed E-state index contributed by atoms with van der Waals surface area (Å²) in [6, 6.07) is 15.2. The molecule has 0 aliphatic carbocycles. The predicted octanol–water partition coefficient (Wildman–Crippen LogP) is 7.42. The van der Waals surface area contributed by atoms with E-state index in [1.807, 2.05) is 12.1 Å². The number of carbonyl (C=O) groups excluding carboxylic acids is 2. The second kappa shape index (κ2) is 13.3. The van der Waals surface area contributed by atoms with Crippen LogP contribution in [0, 0.1) is 0 Å². The van der Waals surface area contributed by atoms with Crippen molar-refractivity contribution in [2.24, 2.45) is 0 Å². The molecule has 222 valence electrons. The lowest BCUT2D eigenvalue weighted by atomic mass is 10.1. The molecule has 0 unspecified atom stereocenters. The number of hydrogen-bond donors (Lipinski definition) is 4. The van der Waals surface area contributed by atoms with Crippen LogP contribution in [0.3, 0.4) is 0 Å². The maximum absolute atomic E-state index is 11.5. The number of aromatic carboxylic acids is 2. The Morgan fingerprint density at radius 2 is 0.953 bits per heavy atom. The van der Waals surface area contributed by atoms with Crippen LogP contribution in [0.25, 0.3) is 39.0 Å². The molecule has 13 heteroatoms. The quantitative estimate of drug-likeness (QED) is 0.109. The number of carboxylic acids is 2. The topological polar surface area (TPSA) is 133 Å². The Balaban J connectivity index is 1.51. The summed E-state index contributed by atoms with van der Waals surface area (Å²) in [6.07, 6.45) is 1.26. The highest BCUT2D eigenvalue weighted by Gasteiger charge is 2.20. The van der Waals surface area contributed by atoms with Gasteiger partial charge in [-0.25, -0.2) is 9.59 Å². The molecule has 43 heavy (non-hydrogen) atoms. The van der Waals surface area contributed by atoms with Crippen molar-refractivity contribution in [3.8, 4) is 39.0 Å². The SMILES string of the molecule is CC(=O)NCCc1cc(-c2ccc(C(=O)O)s2)sc1-c1ccc(-c2sc(-c3ccc(C(=O)O)s3)cc2CCNC(C)=O)s1. The Labute approximate surface area is 267 Å². The van der Waals surface area contributed by atoms with Crippen LogP contribution in [0.1, 0.15) is 44.3 Å². The van der Waals surface area contributed by atoms with Gasteiger partial charge in [0.25, 0.3) is 0 Å². The standard InChI is InChI=1S/C30H26N2O6S5/c1-15(33)31-11-9-17-13-25(19-3-7-23(39-19)29(35)36)42-27(17)21-5-6-22(41-21)28-18(10-12-32-16(2)34)14-26(43-28)20-4-8-24(40-20)30(37)38/h3-8,13-14H,9-12H2,1-2H3,(H,31,33)(H,32,34)(H,35,36)(H,37,38). The van der Waals surface area contributed by atoms with Gasteiger partial charge in [0.1, 0.15) is 9.75 Å². The first-order valence-electron chi connectivity index (χ1n) is 13.1. The zero-order valence-electron chi connectivity index (χ0n) is 23.0. The molecule has 5 rings (SSSR count). The van der Waals surface area contributed by atoms with Crippen LogP contribution < -0.4 is 10.6 Å². The summed E-state index contributed by atoms with van der Waals surface area (Å²) >= 11 is 7.33. The second-order valence-corrected chi connectivity index (χ2v) is 14.9. The number of rotatable bonds is 12. The number of nitrogens with one attached hydrogen (secondary N) is 2. The molecule has 0 aliphatic rings. The van der Waals surface area contributed by atoms with E-state index < -0.39 is 11.9 Å². The molecule has 5 heterocycles. The lowest BCUT2D eigenvalue weighted by Gasteiger charge is -2.04. The molecule has 0 fully saturated rings. The van der Waals surface area contributed by atoms with E-state index >= 15 is 0 Å². The molecule has 2 amide bonds. The largest absolute Gasteiger partial charge is 0.477 e. The molecule has 4 N–H and O–H groups in total. The first-order chi connectivity index (χ1) is 20.6. The molecule has 0 radical (unpaired) electrons. The van der Waals surface area contributed by atoms with Gasteiger partial charge < -0.3 is 20.8 Å². The van der Waals surface area contributed by atoms with E-state index in [0.717, 1.165) is 50.1 Å². The smallest absolute Gasteiger partial charge is 0.345 e. The first-order valence-corrected chi connectivity index (χ1v) is 17.2. The van der Waals surface area contributed by atoms with E-state index in [0.29, 0.717) is 25.9 Å². The third-order valence-electron chi connectivity index (χ3n) is 6.33. The van der Waals surface area contributed by atoms with Crippen LogP contribution in [-0.4, -0.2) is 47.1 Å². The first kappa shape index (κ1) is 30.8. The minimum atomic E-state index is -0.951. The minimum Gasteiger partial charge on any atom is -0.477 e. The maximum atomic E-state index is 11.5. The fraction of sp³-hybridized carbons (Fsp3) is 0.200. The van der Waals surface area contributed by atoms with Crippen LogP contribution in [0.5, 0.6) is 0 Å². The summed E-state index contributed by atoms with van der Waals surface area (Å²) in [6.45, 7) is 3.95. The van der Waals surface area contributed by atoms with E-state index in [4.69, 9.17) is 0 Å². The van der Waals surface area contributed by atoms with Crippen LogP contribution >= 0.6 is 56.7 Å². The Morgan fingerprint density at radius 3 is 1.30 bits per heavy atom. The average Bonchev–Trinajstić information content (AvgIpc) is 3.76. The highest BCUT2D eigenvalue weighted by Crippen LogP contribution is 2.47. The molecule has 0 saturated carbocycles. The summed E-state index contributed by atoms with van der Waals surface area (Å²) in [5.41, 5.74) is 2.15. The molecular formula is C30H26N2O6S5. The summed E-state index contributed by atoms with van der Waals surface area (Å²) in [5, 5.41) is 24.5. The monoisotopic (exact) mass is 670 g/mol. The van der Waals surface area contributed by atoms with Crippen molar-refractivity contribution < 1.29 is 29.4 Å². The molecule has 0 atom stereocenters. The zero-order valence-corrected chi connectivity index (χ0v) is 27.1. The fourth-order valence-electron chi connectivity index (χ4n) is 4.39. The van der Waals surface area contributed by atoms with Gasteiger partial charge in [-0.1, -0.05) is 0 Å². The van der Waals surface area contributed by atoms with Crippen LogP contribution in [-0.2, 0) is 22.4 Å². The Morgan fingerprint density at radius 1 is 0.558 bits per heavy atom. The van der Waals surface area contributed by atoms with Gasteiger partial charge in [-0.05, 0) is 72.5 Å². The minimum absolute atomic E-state index is 0.0960. The van der Waals surface area contributed by atoms with Gasteiger partial charge >= 0.3 is 11.9 Å². The number of hydrogen-bond acceptors (Lipinski definition) is 9. The summed E-state index contributed by atoms with van der Waals surface area (Å²) < 4.78 is 0. The molecule has 0 spiro atoms. The Bertz CT molecular complexity index is 1690. The third-order valence-corrected chi connectivity index (χ3v) is 12.7. The molecule has 8 nitrogen and oxygen atoms in total. The predicted molar refractivity (Wildman–Crippen MR) is 176 cm³/mol. The molecule has 5 aromatic heterocycles. The van der Waals surface area contributed by atoms with Crippen LogP contribution in [0.15, 0.2) is 48.5 Å². The highest BCUT2D eigenvalue weighted by atomic mass is 32.1. The van der Waals surface area contributed by atoms with Gasteiger partial charge in [0, 0.05) is 66.0 Å². The summed E-state index contributed by atoms with van der Waals surface area (Å²) in [5.74, 6) is -2.09. The number of carboxylic acid groups (broad SMARTS) is 2. The molecule has 0 saturated heterocycles. The van der Waals surface area contributed by atoms with E-state index in [1.54, 1.807) is 46.1 Å². The van der Waals surface area contributed by atoms with Crippen molar-refractivity contribution in [3.63, 3.8) is 0 Å². The Hall–Kier alpha value is -3.62. The van der Waals surface area contributed by atoms with Crippen LogP contribution in [0.2, 0.25) is 0 Å². The van der Waals surface area contributed by atoms with Crippen molar-refractivity contribution in [1.82, 2.24) is 10.6 Å². The molecule has 0 aromatic carbocycles. The number of amides is 2. The number of carbonyl (C=O) groups is 4. The van der Waals surface area contributed by atoms with Crippen molar-refractivity contribution in [2.45, 2.75) is 26.7 Å². The molecular weight excluding hydrogens is 645 g/mol. The Kier molecular flexibility index (Phi) is 9.57. The fourth-order valence-corrected chi connectivity index (χ4v) is 9.96. The van der Waals surface area contributed by atoms with Crippen molar-refractivity contribution in [1.29, 1.82) is 0 Å². The normalized spacial score (nSPS) is 11.0. The zero-order chi connectivity index (χ0) is 30.7. The maximum Gasteiger partial charge on any atom is 0.345 e. The van der Waals surface area contributed by atoms with Crippen molar-refractivity contribution in [3.05, 3.63) is 69.4 Å². The van der Waals surface area contributed by atoms with Gasteiger partial charge in [-0.15, -0.1) is 56.7 Å². The average molecular weight is 671 g/mol. The third kappa shape index (κ3) is 7.31. The van der Waals surface area contributed by atoms with Gasteiger partial charge in [0.15, 0.2) is 0 Å². The van der Waals surface area contributed by atoms with Gasteiger partial charge in [-0.2, -0.15) is 0 Å². The lowest BCUT2D eigenvalue weighted by Crippen LogP contribution is -2.22. The lowest BCUT2D eigenvalue weighted by molar-refractivity contribution is -0.119. The van der Waals surface area contributed by atoms with Crippen molar-refractivity contribution in [2.75, 3.05) is 13.1 Å². The second-order valence-electron chi connectivity index (χ2n) is 9.50. The summed E-state index contributed by atoms with van der Waals surface area (Å²) in [4.78, 5) is 54.5. The molecule has 0 aliphatic heterocycles. The number of thiophene rings is 5. The van der Waals surface area contributed by atoms with E-state index in [1.165, 1.54) is 36.5 Å². The van der Waals surface area contributed by atoms with Crippen molar-refractivity contribution >= 4 is 80.4 Å². The van der Waals surface area contributed by atoms with Gasteiger partial charge in [0.05, 0.1) is 0 Å². The summed E-state index contributed by atoms with van der Waals surface area (Å²) in [7, 11) is 0. The molecule has 0 bridgehead atoms. The van der Waals surface area contributed by atoms with E-state index in [-0.39, 0.29) is 21.6 Å². The van der Waals surface area contributed by atoms with Crippen LogP contribution in [0.4, 0.5) is 0 Å². The van der Waals surface area contributed by atoms with Gasteiger partial charge in [0.2, 0.25) is 11.8 Å². The molecule has 5 aromatic rings. The highest BCUT2D eigenvalue weighted by molar-refractivity contribution is 7.30. The van der Waals surface area contributed by atoms with E-state index in [2.05, 4.69) is 34.9 Å². The van der Waals surface area contributed by atoms with E-state index in [9.17, 15) is 29.4 Å².